The fourth-order valence-corrected chi connectivity index (χ4v) is 9.48. The van der Waals surface area contributed by atoms with Crippen LogP contribution in [0.1, 0.15) is 68.6 Å². The summed E-state index contributed by atoms with van der Waals surface area (Å²) in [4.78, 5) is 62.9. The van der Waals surface area contributed by atoms with Gasteiger partial charge in [-0.1, -0.05) is 18.5 Å². The third-order valence-corrected chi connectivity index (χ3v) is 13.7. The van der Waals surface area contributed by atoms with Crippen LogP contribution in [0.15, 0.2) is 30.3 Å². The number of nitrogens with two attached hydrogens (primary N) is 1. The monoisotopic (exact) mass is 935 g/mol. The fraction of sp³-hybridized carbons (Fsp3) is 0.652. The molecule has 1 unspecified atom stereocenters. The van der Waals surface area contributed by atoms with Crippen molar-refractivity contribution in [2.75, 3.05) is 110 Å². The Morgan fingerprint density at radius 1 is 0.985 bits per heavy atom. The lowest BCUT2D eigenvalue weighted by atomic mass is 9.83. The number of nitrogen functional groups attached to an aromatic ring is 1. The van der Waals surface area contributed by atoms with Crippen molar-refractivity contribution in [3.63, 3.8) is 0 Å². The highest BCUT2D eigenvalue weighted by molar-refractivity contribution is 6.33. The smallest absolute Gasteiger partial charge is 0.418 e. The number of amides is 4. The second-order valence-corrected chi connectivity index (χ2v) is 18.1. The largest absolute Gasteiger partial charge is 0.497 e. The van der Waals surface area contributed by atoms with E-state index >= 15 is 0 Å². The standard InChI is InChI=1S/C46H65ClF3N7O8/c1-31(33-8-16-55(17-9-33)18-13-41(58)64-24-4-14-54-22-25-63-26-23-54)7-15-53(2)43(59)40(29-32-27-37(46(48,49)50)42(51)38(47)28-32)65-45(61)56-19-11-35(12-20-56)57-21-10-34-30-36(62-3)5-6-39(34)52-44(57)60/h5-6,27-28,30-31,33,35,40H,4,7-26,29,51H2,1-3H3,(H,52,60)/t31?,40-/m1/s1. The molecule has 65 heavy (non-hydrogen) atoms. The summed E-state index contributed by atoms with van der Waals surface area (Å²) in [5.74, 6) is 0.608. The predicted octanol–water partition coefficient (Wildman–Crippen LogP) is 6.40. The molecule has 6 rings (SSSR count). The number of halogens is 4. The number of rotatable bonds is 17. The lowest BCUT2D eigenvalue weighted by Gasteiger charge is -2.38. The van der Waals surface area contributed by atoms with E-state index in [1.54, 1.807) is 25.1 Å². The number of methoxy groups -OCH3 is 1. The maximum Gasteiger partial charge on any atom is 0.418 e. The number of likely N-dealkylation sites (tertiary alicyclic amines) is 2. The Kier molecular flexibility index (Phi) is 17.9. The normalized spacial score (nSPS) is 19.2. The molecule has 4 amide bonds. The van der Waals surface area contributed by atoms with Crippen molar-refractivity contribution in [3.8, 4) is 5.75 Å². The molecule has 4 aliphatic heterocycles. The van der Waals surface area contributed by atoms with Gasteiger partial charge in [-0.05, 0) is 111 Å². The number of esters is 1. The van der Waals surface area contributed by atoms with Crippen molar-refractivity contribution >= 4 is 47.0 Å². The van der Waals surface area contributed by atoms with Gasteiger partial charge in [0.2, 0.25) is 0 Å². The summed E-state index contributed by atoms with van der Waals surface area (Å²) < 4.78 is 64.0. The molecule has 0 radical (unpaired) electrons. The van der Waals surface area contributed by atoms with Crippen LogP contribution in [-0.2, 0) is 42.8 Å². The molecule has 4 aliphatic rings. The molecule has 360 valence electrons. The van der Waals surface area contributed by atoms with Crippen molar-refractivity contribution in [2.24, 2.45) is 11.8 Å². The topological polar surface area (TPSA) is 159 Å². The molecule has 19 heteroatoms. The van der Waals surface area contributed by atoms with E-state index in [1.807, 2.05) is 12.1 Å². The molecule has 0 aliphatic carbocycles. The Bertz CT molecular complexity index is 1940. The van der Waals surface area contributed by atoms with Crippen LogP contribution in [0.2, 0.25) is 5.02 Å². The molecule has 0 saturated carbocycles. The van der Waals surface area contributed by atoms with Crippen molar-refractivity contribution in [2.45, 2.75) is 83.0 Å². The number of piperidine rings is 2. The van der Waals surface area contributed by atoms with Crippen LogP contribution in [0, 0.1) is 11.8 Å². The third kappa shape index (κ3) is 14.0. The molecule has 0 bridgehead atoms. The van der Waals surface area contributed by atoms with Crippen molar-refractivity contribution < 1.29 is 51.3 Å². The first-order valence-corrected chi connectivity index (χ1v) is 23.3. The number of urea groups is 1. The predicted molar refractivity (Wildman–Crippen MR) is 240 cm³/mol. The number of likely N-dealkylation sites (N-methyl/N-ethyl adjacent to an activating group) is 1. The second-order valence-electron chi connectivity index (χ2n) is 17.7. The molecule has 3 saturated heterocycles. The number of benzene rings is 2. The van der Waals surface area contributed by atoms with Gasteiger partial charge in [-0.2, -0.15) is 13.2 Å². The zero-order valence-corrected chi connectivity index (χ0v) is 38.6. The molecule has 0 spiro atoms. The van der Waals surface area contributed by atoms with Gasteiger partial charge in [0.05, 0.1) is 49.6 Å². The summed E-state index contributed by atoms with van der Waals surface area (Å²) in [6.07, 6.45) is -2.16. The minimum Gasteiger partial charge on any atom is -0.497 e. The van der Waals surface area contributed by atoms with E-state index in [1.165, 1.54) is 15.9 Å². The summed E-state index contributed by atoms with van der Waals surface area (Å²) in [6, 6.07) is 7.22. The van der Waals surface area contributed by atoms with Crippen LogP contribution in [-0.4, -0.2) is 160 Å². The first kappa shape index (κ1) is 49.9. The van der Waals surface area contributed by atoms with Crippen LogP contribution in [0.5, 0.6) is 5.75 Å². The van der Waals surface area contributed by atoms with Gasteiger partial charge in [0.15, 0.2) is 6.10 Å². The van der Waals surface area contributed by atoms with Gasteiger partial charge in [-0.3, -0.25) is 14.5 Å². The van der Waals surface area contributed by atoms with Crippen LogP contribution in [0.3, 0.4) is 0 Å². The van der Waals surface area contributed by atoms with Gasteiger partial charge >= 0.3 is 24.3 Å². The number of anilines is 2. The summed E-state index contributed by atoms with van der Waals surface area (Å²) in [5, 5.41) is 2.66. The number of nitrogens with one attached hydrogen (secondary N) is 1. The van der Waals surface area contributed by atoms with E-state index in [2.05, 4.69) is 22.0 Å². The van der Waals surface area contributed by atoms with E-state index in [0.717, 1.165) is 82.5 Å². The summed E-state index contributed by atoms with van der Waals surface area (Å²) in [7, 11) is 3.19. The number of nitrogens with zero attached hydrogens (tertiary/aromatic N) is 5. The number of alkyl halides is 3. The summed E-state index contributed by atoms with van der Waals surface area (Å²) in [6.45, 7) is 10.4. The summed E-state index contributed by atoms with van der Waals surface area (Å²) >= 11 is 6.16. The average molecular weight is 937 g/mol. The number of ether oxygens (including phenoxy) is 4. The SMILES string of the molecule is COc1ccc2c(c1)CCN(C1CCN(C(=O)O[C@H](Cc3cc(Cl)c(N)c(C(F)(F)F)c3)C(=O)N(C)CCC(C)C3CCN(CCC(=O)OCCCN4CCOCC4)CC3)CC1)C(=O)N2. The van der Waals surface area contributed by atoms with Gasteiger partial charge in [0.25, 0.3) is 5.91 Å². The van der Waals surface area contributed by atoms with Crippen molar-refractivity contribution in [1.82, 2.24) is 24.5 Å². The number of morpholine rings is 1. The van der Waals surface area contributed by atoms with Crippen molar-refractivity contribution in [3.05, 3.63) is 52.0 Å². The van der Waals surface area contributed by atoms with Crippen LogP contribution < -0.4 is 15.8 Å². The first-order chi connectivity index (χ1) is 31.1. The Hall–Kier alpha value is -4.52. The Morgan fingerprint density at radius 3 is 2.38 bits per heavy atom. The molecule has 4 heterocycles. The quantitative estimate of drug-likeness (QED) is 0.103. The molecule has 15 nitrogen and oxygen atoms in total. The van der Waals surface area contributed by atoms with Crippen LogP contribution in [0.4, 0.5) is 34.1 Å². The highest BCUT2D eigenvalue weighted by atomic mass is 35.5. The average Bonchev–Trinajstić information content (AvgIpc) is 3.46. The van der Waals surface area contributed by atoms with Crippen molar-refractivity contribution in [1.29, 1.82) is 0 Å². The molecule has 2 aromatic rings. The Balaban J connectivity index is 0.994. The zero-order chi connectivity index (χ0) is 46.7. The molecule has 2 atom stereocenters. The van der Waals surface area contributed by atoms with E-state index in [9.17, 15) is 32.3 Å². The van der Waals surface area contributed by atoms with Gasteiger partial charge in [0, 0.05) is 77.6 Å². The minimum atomic E-state index is -4.80. The molecule has 3 fully saturated rings. The van der Waals surface area contributed by atoms with Gasteiger partial charge in [0.1, 0.15) is 5.75 Å². The zero-order valence-electron chi connectivity index (χ0n) is 37.8. The lowest BCUT2D eigenvalue weighted by Crippen LogP contribution is -2.51. The molecule has 0 aromatic heterocycles. The number of fused-ring (bicyclic) bond motifs is 1. The van der Waals surface area contributed by atoms with Gasteiger partial charge < -0.3 is 49.6 Å². The van der Waals surface area contributed by atoms with Gasteiger partial charge in [-0.15, -0.1) is 0 Å². The summed E-state index contributed by atoms with van der Waals surface area (Å²) in [5.41, 5.74) is 5.65. The van der Waals surface area contributed by atoms with E-state index in [-0.39, 0.29) is 54.1 Å². The fourth-order valence-electron chi connectivity index (χ4n) is 9.23. The maximum absolute atomic E-state index is 14.1. The molecular formula is C46H65ClF3N7O8. The second kappa shape index (κ2) is 23.3. The number of carbonyl (C=O) groups is 4. The maximum atomic E-state index is 14.1. The van der Waals surface area contributed by atoms with Crippen LogP contribution >= 0.6 is 11.6 Å². The molecular weight excluding hydrogens is 871 g/mol. The molecule has 2 aromatic carbocycles. The molecule has 3 N–H and O–H groups in total. The Morgan fingerprint density at radius 2 is 1.69 bits per heavy atom. The lowest BCUT2D eigenvalue weighted by molar-refractivity contribution is -0.144. The van der Waals surface area contributed by atoms with Crippen LogP contribution in [0.25, 0.3) is 0 Å². The first-order valence-electron chi connectivity index (χ1n) is 22.9. The highest BCUT2D eigenvalue weighted by Gasteiger charge is 2.37. The van der Waals surface area contributed by atoms with E-state index < -0.39 is 35.5 Å². The number of hydrogen-bond donors (Lipinski definition) is 2. The number of carbonyl (C=O) groups excluding carboxylic acids is 4. The Labute approximate surface area is 384 Å². The van der Waals surface area contributed by atoms with E-state index in [4.69, 9.17) is 36.3 Å². The minimum absolute atomic E-state index is 0.0396. The van der Waals surface area contributed by atoms with Gasteiger partial charge in [-0.25, -0.2) is 9.59 Å². The van der Waals surface area contributed by atoms with E-state index in [0.29, 0.717) is 70.0 Å². The number of hydrogen-bond acceptors (Lipinski definition) is 11. The third-order valence-electron chi connectivity index (χ3n) is 13.4. The highest BCUT2D eigenvalue weighted by Crippen LogP contribution is 2.38.